The maximum atomic E-state index is 13.3. The molecule has 0 atom stereocenters. The van der Waals surface area contributed by atoms with Gasteiger partial charge in [0.15, 0.2) is 0 Å². The Morgan fingerprint density at radius 3 is 2.63 bits per heavy atom. The Morgan fingerprint density at radius 1 is 1.26 bits per heavy atom. The maximum Gasteiger partial charge on any atom is 0.137 e. The second-order valence-corrected chi connectivity index (χ2v) is 6.62. The van der Waals surface area contributed by atoms with Crippen LogP contribution in [0, 0.1) is 11.2 Å². The van der Waals surface area contributed by atoms with Crippen LogP contribution in [0.2, 0.25) is 0 Å². The van der Waals surface area contributed by atoms with Gasteiger partial charge in [-0.3, -0.25) is 0 Å². The largest absolute Gasteiger partial charge is 0.316 e. The number of rotatable bonds is 5. The summed E-state index contributed by atoms with van der Waals surface area (Å²) in [4.78, 5) is 0. The fraction of sp³-hybridized carbons (Fsp3) is 0.625. The van der Waals surface area contributed by atoms with Crippen molar-refractivity contribution >= 4 is 15.9 Å². The summed E-state index contributed by atoms with van der Waals surface area (Å²) in [7, 11) is 0. The Bertz CT molecular complexity index is 413. The molecule has 0 aromatic heterocycles. The lowest BCUT2D eigenvalue weighted by atomic mass is 9.70. The molecule has 1 aromatic rings. The van der Waals surface area contributed by atoms with Crippen LogP contribution in [0.4, 0.5) is 4.39 Å². The Balaban J connectivity index is 2.12. The normalized spacial score (nSPS) is 18.5. The zero-order chi connectivity index (χ0) is 13.7. The van der Waals surface area contributed by atoms with E-state index in [0.29, 0.717) is 9.89 Å². The second kappa shape index (κ2) is 6.85. The molecule has 0 heterocycles. The zero-order valence-corrected chi connectivity index (χ0v) is 13.2. The van der Waals surface area contributed by atoms with E-state index in [1.807, 2.05) is 12.1 Å². The average Bonchev–Trinajstić information content (AvgIpc) is 2.42. The second-order valence-electron chi connectivity index (χ2n) is 5.77. The van der Waals surface area contributed by atoms with Gasteiger partial charge in [-0.25, -0.2) is 4.39 Å². The van der Waals surface area contributed by atoms with E-state index in [0.717, 1.165) is 19.5 Å². The molecule has 1 fully saturated rings. The minimum Gasteiger partial charge on any atom is -0.316 e. The third-order valence-electron chi connectivity index (χ3n) is 4.23. The van der Waals surface area contributed by atoms with Crippen LogP contribution in [-0.2, 0) is 6.42 Å². The molecule has 0 bridgehead atoms. The minimum atomic E-state index is -0.173. The summed E-state index contributed by atoms with van der Waals surface area (Å²) >= 11 is 3.29. The van der Waals surface area contributed by atoms with Crippen molar-refractivity contribution < 1.29 is 4.39 Å². The van der Waals surface area contributed by atoms with Gasteiger partial charge in [0.2, 0.25) is 0 Å². The summed E-state index contributed by atoms with van der Waals surface area (Å²) in [6, 6.07) is 5.45. The van der Waals surface area contributed by atoms with Crippen molar-refractivity contribution in [2.45, 2.75) is 45.4 Å². The summed E-state index contributed by atoms with van der Waals surface area (Å²) < 4.78 is 13.9. The lowest BCUT2D eigenvalue weighted by Gasteiger charge is -2.38. The van der Waals surface area contributed by atoms with E-state index in [1.54, 1.807) is 6.07 Å². The fourth-order valence-electron chi connectivity index (χ4n) is 3.19. The Labute approximate surface area is 124 Å². The molecule has 0 spiro atoms. The molecule has 0 aliphatic heterocycles. The Morgan fingerprint density at radius 2 is 2.00 bits per heavy atom. The van der Waals surface area contributed by atoms with Crippen LogP contribution in [0.3, 0.4) is 0 Å². The van der Waals surface area contributed by atoms with Gasteiger partial charge in [-0.05, 0) is 64.8 Å². The SMILES string of the molecule is CCNCC1(Cc2ccc(F)c(Br)c2)CCCCC1. The summed E-state index contributed by atoms with van der Waals surface area (Å²) in [5.74, 6) is -0.173. The highest BCUT2D eigenvalue weighted by atomic mass is 79.9. The quantitative estimate of drug-likeness (QED) is 0.827. The lowest BCUT2D eigenvalue weighted by molar-refractivity contribution is 0.182. The monoisotopic (exact) mass is 327 g/mol. The standard InChI is InChI=1S/C16H23BrFN/c1-2-19-12-16(8-4-3-5-9-16)11-13-6-7-15(18)14(17)10-13/h6-7,10,19H,2-5,8-9,11-12H2,1H3. The topological polar surface area (TPSA) is 12.0 Å². The molecular weight excluding hydrogens is 305 g/mol. The number of halogens is 2. The van der Waals surface area contributed by atoms with Crippen molar-refractivity contribution in [2.24, 2.45) is 5.41 Å². The lowest BCUT2D eigenvalue weighted by Crippen LogP contribution is -2.38. The third kappa shape index (κ3) is 4.03. The van der Waals surface area contributed by atoms with Gasteiger partial charge in [0.1, 0.15) is 5.82 Å². The molecule has 2 rings (SSSR count). The molecule has 0 amide bonds. The Hall–Kier alpha value is -0.410. The van der Waals surface area contributed by atoms with Crippen molar-refractivity contribution in [3.05, 3.63) is 34.1 Å². The molecule has 0 radical (unpaired) electrons. The average molecular weight is 328 g/mol. The number of hydrogen-bond acceptors (Lipinski definition) is 1. The van der Waals surface area contributed by atoms with Gasteiger partial charge in [0, 0.05) is 6.54 Å². The van der Waals surface area contributed by atoms with Crippen molar-refractivity contribution in [3.8, 4) is 0 Å². The first kappa shape index (κ1) is 15.0. The van der Waals surface area contributed by atoms with E-state index in [9.17, 15) is 4.39 Å². The van der Waals surface area contributed by atoms with Crippen LogP contribution in [0.1, 0.15) is 44.6 Å². The van der Waals surface area contributed by atoms with Crippen molar-refractivity contribution in [3.63, 3.8) is 0 Å². The molecule has 0 unspecified atom stereocenters. The fourth-order valence-corrected chi connectivity index (χ4v) is 3.62. The predicted molar refractivity (Wildman–Crippen MR) is 81.9 cm³/mol. The zero-order valence-electron chi connectivity index (χ0n) is 11.6. The van der Waals surface area contributed by atoms with Gasteiger partial charge in [-0.1, -0.05) is 32.3 Å². The summed E-state index contributed by atoms with van der Waals surface area (Å²) in [5.41, 5.74) is 1.61. The van der Waals surface area contributed by atoms with Gasteiger partial charge in [0.05, 0.1) is 4.47 Å². The molecule has 1 aliphatic carbocycles. The number of hydrogen-bond donors (Lipinski definition) is 1. The summed E-state index contributed by atoms with van der Waals surface area (Å²) in [6.07, 6.45) is 7.64. The highest BCUT2D eigenvalue weighted by Gasteiger charge is 2.31. The highest BCUT2D eigenvalue weighted by molar-refractivity contribution is 9.10. The molecule has 1 nitrogen and oxygen atoms in total. The van der Waals surface area contributed by atoms with Gasteiger partial charge >= 0.3 is 0 Å². The van der Waals surface area contributed by atoms with Crippen LogP contribution < -0.4 is 5.32 Å². The molecule has 1 aliphatic rings. The minimum absolute atomic E-state index is 0.173. The Kier molecular flexibility index (Phi) is 5.40. The predicted octanol–water partition coefficient (Wildman–Crippen LogP) is 4.69. The van der Waals surface area contributed by atoms with Crippen LogP contribution in [-0.4, -0.2) is 13.1 Å². The maximum absolute atomic E-state index is 13.3. The van der Waals surface area contributed by atoms with E-state index in [-0.39, 0.29) is 5.82 Å². The molecule has 1 aromatic carbocycles. The summed E-state index contributed by atoms with van der Waals surface area (Å²) in [6.45, 7) is 4.26. The molecule has 3 heteroatoms. The van der Waals surface area contributed by atoms with E-state index in [1.165, 1.54) is 37.7 Å². The van der Waals surface area contributed by atoms with Crippen LogP contribution >= 0.6 is 15.9 Å². The van der Waals surface area contributed by atoms with Crippen molar-refractivity contribution in [2.75, 3.05) is 13.1 Å². The molecule has 106 valence electrons. The van der Waals surface area contributed by atoms with Crippen molar-refractivity contribution in [1.29, 1.82) is 0 Å². The van der Waals surface area contributed by atoms with E-state index in [2.05, 4.69) is 28.2 Å². The van der Waals surface area contributed by atoms with E-state index < -0.39 is 0 Å². The number of benzene rings is 1. The summed E-state index contributed by atoms with van der Waals surface area (Å²) in [5, 5.41) is 3.52. The van der Waals surface area contributed by atoms with Crippen LogP contribution in [0.15, 0.2) is 22.7 Å². The number of nitrogens with one attached hydrogen (secondary N) is 1. The van der Waals surface area contributed by atoms with Crippen molar-refractivity contribution in [1.82, 2.24) is 5.32 Å². The molecule has 1 saturated carbocycles. The van der Waals surface area contributed by atoms with Crippen LogP contribution in [0.5, 0.6) is 0 Å². The van der Waals surface area contributed by atoms with Gasteiger partial charge in [0.25, 0.3) is 0 Å². The third-order valence-corrected chi connectivity index (χ3v) is 4.84. The first-order valence-electron chi connectivity index (χ1n) is 7.30. The van der Waals surface area contributed by atoms with Gasteiger partial charge in [-0.2, -0.15) is 0 Å². The van der Waals surface area contributed by atoms with E-state index in [4.69, 9.17) is 0 Å². The first-order chi connectivity index (χ1) is 9.15. The molecular formula is C16H23BrFN. The molecule has 0 saturated heterocycles. The van der Waals surface area contributed by atoms with E-state index >= 15 is 0 Å². The van der Waals surface area contributed by atoms with Gasteiger partial charge < -0.3 is 5.32 Å². The molecule has 19 heavy (non-hydrogen) atoms. The highest BCUT2D eigenvalue weighted by Crippen LogP contribution is 2.39. The smallest absolute Gasteiger partial charge is 0.137 e. The molecule has 1 N–H and O–H groups in total. The van der Waals surface area contributed by atoms with Gasteiger partial charge in [-0.15, -0.1) is 0 Å². The van der Waals surface area contributed by atoms with Crippen LogP contribution in [0.25, 0.3) is 0 Å². The first-order valence-corrected chi connectivity index (χ1v) is 8.09.